The number of carbonyl (C=O) groups excluding carboxylic acids is 1. The number of aromatic nitrogens is 2. The third kappa shape index (κ3) is 4.89. The van der Waals surface area contributed by atoms with Gasteiger partial charge in [0.2, 0.25) is 11.9 Å². The molecule has 7 heteroatoms. The van der Waals surface area contributed by atoms with E-state index < -0.39 is 0 Å². The lowest BCUT2D eigenvalue weighted by atomic mass is 9.97. The minimum absolute atomic E-state index is 0.0633. The predicted molar refractivity (Wildman–Crippen MR) is 118 cm³/mol. The lowest BCUT2D eigenvalue weighted by Gasteiger charge is -2.32. The first-order chi connectivity index (χ1) is 14.6. The molecule has 0 saturated carbocycles. The minimum Gasteiger partial charge on any atom is -0.455 e. The summed E-state index contributed by atoms with van der Waals surface area (Å²) in [5, 5.41) is 3.54. The summed E-state index contributed by atoms with van der Waals surface area (Å²) in [7, 11) is 0. The molecule has 6 nitrogen and oxygen atoms in total. The van der Waals surface area contributed by atoms with Crippen LogP contribution in [0.1, 0.15) is 18.4 Å². The molecule has 4 rings (SSSR count). The van der Waals surface area contributed by atoms with Gasteiger partial charge in [-0.15, -0.1) is 0 Å². The maximum absolute atomic E-state index is 13.0. The molecule has 0 spiro atoms. The third-order valence-electron chi connectivity index (χ3n) is 5.08. The van der Waals surface area contributed by atoms with Gasteiger partial charge in [0.05, 0.1) is 11.6 Å². The Morgan fingerprint density at radius 2 is 1.93 bits per heavy atom. The number of ether oxygens (including phenoxy) is 1. The van der Waals surface area contributed by atoms with Gasteiger partial charge >= 0.3 is 0 Å². The number of halogens is 1. The van der Waals surface area contributed by atoms with Gasteiger partial charge in [-0.1, -0.05) is 29.3 Å². The van der Waals surface area contributed by atoms with Crippen molar-refractivity contribution in [2.24, 2.45) is 5.92 Å². The standard InChI is InChI=1S/C23H23ClN4O2/c1-16-5-8-19(9-6-16)30-21-10-7-18(24)14-20(21)27-22(29)17-4-2-13-28(15-17)23-25-11-3-12-26-23/h3,5-12,14,17H,2,4,13,15H2,1H3,(H,27,29). The molecule has 1 fully saturated rings. The normalized spacial score (nSPS) is 16.2. The number of aryl methyl sites for hydroxylation is 1. The molecular weight excluding hydrogens is 400 g/mol. The van der Waals surface area contributed by atoms with Crippen molar-refractivity contribution in [2.45, 2.75) is 19.8 Å². The Morgan fingerprint density at radius 1 is 1.17 bits per heavy atom. The third-order valence-corrected chi connectivity index (χ3v) is 5.31. The Labute approximate surface area is 180 Å². The molecule has 1 aliphatic heterocycles. The number of amides is 1. The van der Waals surface area contributed by atoms with Gasteiger partial charge in [0.15, 0.2) is 5.75 Å². The monoisotopic (exact) mass is 422 g/mol. The van der Waals surface area contributed by atoms with Crippen molar-refractivity contribution in [1.82, 2.24) is 9.97 Å². The Hall–Kier alpha value is -3.12. The average molecular weight is 423 g/mol. The van der Waals surface area contributed by atoms with E-state index in [0.29, 0.717) is 34.7 Å². The molecule has 30 heavy (non-hydrogen) atoms. The number of nitrogens with zero attached hydrogens (tertiary/aromatic N) is 3. The van der Waals surface area contributed by atoms with E-state index in [1.807, 2.05) is 31.2 Å². The maximum Gasteiger partial charge on any atom is 0.229 e. The topological polar surface area (TPSA) is 67.3 Å². The van der Waals surface area contributed by atoms with Crippen LogP contribution in [0, 0.1) is 12.8 Å². The molecule has 1 aliphatic rings. The van der Waals surface area contributed by atoms with Gasteiger partial charge in [0.25, 0.3) is 0 Å². The molecule has 2 heterocycles. The number of nitrogens with one attached hydrogen (secondary N) is 1. The van der Waals surface area contributed by atoms with Crippen LogP contribution in [0.3, 0.4) is 0 Å². The Balaban J connectivity index is 1.48. The number of hydrogen-bond donors (Lipinski definition) is 1. The zero-order valence-corrected chi connectivity index (χ0v) is 17.5. The number of hydrogen-bond acceptors (Lipinski definition) is 5. The molecule has 1 saturated heterocycles. The number of carbonyl (C=O) groups is 1. The largest absolute Gasteiger partial charge is 0.455 e. The van der Waals surface area contributed by atoms with E-state index in [9.17, 15) is 4.79 Å². The first kappa shape index (κ1) is 20.2. The number of benzene rings is 2. The van der Waals surface area contributed by atoms with Crippen molar-refractivity contribution in [3.8, 4) is 11.5 Å². The van der Waals surface area contributed by atoms with Crippen LogP contribution in [0.5, 0.6) is 11.5 Å². The van der Waals surface area contributed by atoms with Crippen molar-refractivity contribution in [2.75, 3.05) is 23.3 Å². The van der Waals surface area contributed by atoms with E-state index in [1.54, 1.807) is 36.7 Å². The maximum atomic E-state index is 13.0. The molecule has 0 radical (unpaired) electrons. The summed E-state index contributed by atoms with van der Waals surface area (Å²) in [6.07, 6.45) is 5.14. The van der Waals surface area contributed by atoms with E-state index in [0.717, 1.165) is 24.9 Å². The summed E-state index contributed by atoms with van der Waals surface area (Å²) >= 11 is 6.18. The average Bonchev–Trinajstić information content (AvgIpc) is 2.78. The van der Waals surface area contributed by atoms with Crippen LogP contribution >= 0.6 is 11.6 Å². The molecule has 0 bridgehead atoms. The van der Waals surface area contributed by atoms with Crippen LogP contribution in [0.4, 0.5) is 11.6 Å². The fourth-order valence-electron chi connectivity index (χ4n) is 3.48. The smallest absolute Gasteiger partial charge is 0.229 e. The Kier molecular flexibility index (Phi) is 6.14. The second-order valence-electron chi connectivity index (χ2n) is 7.38. The second-order valence-corrected chi connectivity index (χ2v) is 7.82. The molecule has 2 aromatic carbocycles. The van der Waals surface area contributed by atoms with Gasteiger partial charge in [0, 0.05) is 30.5 Å². The van der Waals surface area contributed by atoms with Crippen molar-refractivity contribution in [3.05, 3.63) is 71.5 Å². The highest BCUT2D eigenvalue weighted by Crippen LogP contribution is 2.33. The summed E-state index contributed by atoms with van der Waals surface area (Å²) in [5.41, 5.74) is 1.71. The fourth-order valence-corrected chi connectivity index (χ4v) is 3.66. The second kappa shape index (κ2) is 9.13. The van der Waals surface area contributed by atoms with Gasteiger partial charge in [-0.2, -0.15) is 0 Å². The van der Waals surface area contributed by atoms with Crippen LogP contribution in [-0.2, 0) is 4.79 Å². The molecule has 1 aromatic heterocycles. The van der Waals surface area contributed by atoms with Gasteiger partial charge in [0.1, 0.15) is 5.75 Å². The first-order valence-corrected chi connectivity index (χ1v) is 10.3. The fraction of sp³-hybridized carbons (Fsp3) is 0.261. The summed E-state index contributed by atoms with van der Waals surface area (Å²) < 4.78 is 5.99. The molecule has 0 aliphatic carbocycles. The number of rotatable bonds is 5. The van der Waals surface area contributed by atoms with Crippen molar-refractivity contribution in [1.29, 1.82) is 0 Å². The van der Waals surface area contributed by atoms with E-state index in [2.05, 4.69) is 20.2 Å². The minimum atomic E-state index is -0.172. The van der Waals surface area contributed by atoms with E-state index in [-0.39, 0.29) is 11.8 Å². The lowest BCUT2D eigenvalue weighted by molar-refractivity contribution is -0.120. The summed E-state index contributed by atoms with van der Waals surface area (Å²) in [5.74, 6) is 1.67. The highest BCUT2D eigenvalue weighted by Gasteiger charge is 2.27. The number of anilines is 2. The zero-order valence-electron chi connectivity index (χ0n) is 16.7. The lowest BCUT2D eigenvalue weighted by Crippen LogP contribution is -2.41. The van der Waals surface area contributed by atoms with Crippen LogP contribution in [0.25, 0.3) is 0 Å². The van der Waals surface area contributed by atoms with Gasteiger partial charge in [-0.3, -0.25) is 4.79 Å². The van der Waals surface area contributed by atoms with E-state index in [4.69, 9.17) is 16.3 Å². The van der Waals surface area contributed by atoms with Gasteiger partial charge in [-0.05, 0) is 56.2 Å². The highest BCUT2D eigenvalue weighted by molar-refractivity contribution is 6.31. The Morgan fingerprint density at radius 3 is 2.70 bits per heavy atom. The molecule has 1 N–H and O–H groups in total. The predicted octanol–water partition coefficient (Wildman–Crippen LogP) is 5.09. The van der Waals surface area contributed by atoms with Crippen molar-refractivity contribution in [3.63, 3.8) is 0 Å². The molecular formula is C23H23ClN4O2. The highest BCUT2D eigenvalue weighted by atomic mass is 35.5. The molecule has 1 atom stereocenters. The zero-order chi connectivity index (χ0) is 20.9. The summed E-state index contributed by atoms with van der Waals surface area (Å²) in [6, 6.07) is 14.8. The molecule has 1 amide bonds. The molecule has 154 valence electrons. The first-order valence-electron chi connectivity index (χ1n) is 9.95. The van der Waals surface area contributed by atoms with E-state index >= 15 is 0 Å². The molecule has 1 unspecified atom stereocenters. The quantitative estimate of drug-likeness (QED) is 0.620. The van der Waals surface area contributed by atoms with Crippen LogP contribution < -0.4 is 15.0 Å². The SMILES string of the molecule is Cc1ccc(Oc2ccc(Cl)cc2NC(=O)C2CCCN(c3ncccn3)C2)cc1. The summed E-state index contributed by atoms with van der Waals surface area (Å²) in [6.45, 7) is 3.43. The van der Waals surface area contributed by atoms with Crippen molar-refractivity contribution < 1.29 is 9.53 Å². The summed E-state index contributed by atoms with van der Waals surface area (Å²) in [4.78, 5) is 23.7. The van der Waals surface area contributed by atoms with Gasteiger partial charge < -0.3 is 15.0 Å². The van der Waals surface area contributed by atoms with E-state index in [1.165, 1.54) is 0 Å². The van der Waals surface area contributed by atoms with Crippen LogP contribution in [-0.4, -0.2) is 29.0 Å². The Bertz CT molecular complexity index is 1010. The van der Waals surface area contributed by atoms with Crippen molar-refractivity contribution >= 4 is 29.1 Å². The van der Waals surface area contributed by atoms with Crippen LogP contribution in [0.15, 0.2) is 60.9 Å². The van der Waals surface area contributed by atoms with Crippen LogP contribution in [0.2, 0.25) is 5.02 Å². The number of piperidine rings is 1. The molecule has 3 aromatic rings. The van der Waals surface area contributed by atoms with Gasteiger partial charge in [-0.25, -0.2) is 9.97 Å².